The van der Waals surface area contributed by atoms with E-state index >= 15 is 0 Å². The van der Waals surface area contributed by atoms with Crippen molar-refractivity contribution in [2.45, 2.75) is 6.54 Å². The minimum atomic E-state index is 0.267. The first kappa shape index (κ1) is 11.6. The molecule has 2 N–H and O–H groups in total. The summed E-state index contributed by atoms with van der Waals surface area (Å²) < 4.78 is 0. The molecule has 2 heterocycles. The normalized spacial score (nSPS) is 10.2. The molecule has 0 spiro atoms. The molecule has 0 aliphatic rings. The maximum absolute atomic E-state index is 5.84. The number of nitrogen functional groups attached to an aromatic ring is 1. The fourth-order valence-electron chi connectivity index (χ4n) is 1.48. The monoisotopic (exact) mass is 249 g/mol. The topological polar surface area (TPSA) is 67.9 Å². The third-order valence-corrected chi connectivity index (χ3v) is 2.60. The summed E-state index contributed by atoms with van der Waals surface area (Å²) in [5.74, 6) is 0.607. The van der Waals surface area contributed by atoms with Crippen LogP contribution in [0.5, 0.6) is 0 Å². The van der Waals surface area contributed by atoms with Gasteiger partial charge < -0.3 is 10.6 Å². The number of hydrogen-bond donors (Lipinski definition) is 1. The highest BCUT2D eigenvalue weighted by Gasteiger charge is 2.11. The van der Waals surface area contributed by atoms with Gasteiger partial charge in [0, 0.05) is 13.2 Å². The van der Waals surface area contributed by atoms with E-state index in [-0.39, 0.29) is 5.15 Å². The Kier molecular flexibility index (Phi) is 3.39. The van der Waals surface area contributed by atoms with Gasteiger partial charge >= 0.3 is 0 Å². The molecule has 0 saturated heterocycles. The molecule has 2 aromatic rings. The molecule has 0 aliphatic carbocycles. The van der Waals surface area contributed by atoms with Crippen molar-refractivity contribution in [3.63, 3.8) is 0 Å². The first-order chi connectivity index (χ1) is 8.18. The second kappa shape index (κ2) is 4.97. The molecule has 0 atom stereocenters. The molecule has 0 aliphatic heterocycles. The van der Waals surface area contributed by atoms with Crippen molar-refractivity contribution < 1.29 is 0 Å². The Morgan fingerprint density at radius 3 is 2.82 bits per heavy atom. The van der Waals surface area contributed by atoms with Crippen LogP contribution in [0.2, 0.25) is 5.15 Å². The Morgan fingerprint density at radius 1 is 1.29 bits per heavy atom. The van der Waals surface area contributed by atoms with Crippen LogP contribution in [0.1, 0.15) is 5.69 Å². The van der Waals surface area contributed by atoms with E-state index in [9.17, 15) is 0 Å². The lowest BCUT2D eigenvalue weighted by Gasteiger charge is -2.19. The summed E-state index contributed by atoms with van der Waals surface area (Å²) in [7, 11) is 1.88. The molecule has 0 saturated carbocycles. The molecule has 0 amide bonds. The van der Waals surface area contributed by atoms with Gasteiger partial charge in [0.25, 0.3) is 0 Å². The molecule has 0 bridgehead atoms. The number of pyridine rings is 1. The SMILES string of the molecule is CN(Cc1ccccn1)c1ncnc(Cl)c1N. The molecule has 0 aromatic carbocycles. The molecule has 88 valence electrons. The highest BCUT2D eigenvalue weighted by atomic mass is 35.5. The molecule has 0 fully saturated rings. The van der Waals surface area contributed by atoms with E-state index in [0.717, 1.165) is 5.69 Å². The van der Waals surface area contributed by atoms with Crippen LogP contribution in [0, 0.1) is 0 Å². The van der Waals surface area contributed by atoms with Crippen molar-refractivity contribution in [1.82, 2.24) is 15.0 Å². The van der Waals surface area contributed by atoms with E-state index in [2.05, 4.69) is 15.0 Å². The fourth-order valence-corrected chi connectivity index (χ4v) is 1.61. The molecule has 2 rings (SSSR count). The van der Waals surface area contributed by atoms with E-state index in [1.54, 1.807) is 6.20 Å². The molecule has 0 radical (unpaired) electrons. The van der Waals surface area contributed by atoms with Gasteiger partial charge in [0.05, 0.1) is 12.2 Å². The lowest BCUT2D eigenvalue weighted by Crippen LogP contribution is -2.20. The third kappa shape index (κ3) is 2.62. The smallest absolute Gasteiger partial charge is 0.157 e. The molecule has 2 aromatic heterocycles. The number of halogens is 1. The van der Waals surface area contributed by atoms with Gasteiger partial charge in [-0.05, 0) is 12.1 Å². The number of anilines is 2. The van der Waals surface area contributed by atoms with Crippen LogP contribution in [-0.2, 0) is 6.54 Å². The lowest BCUT2D eigenvalue weighted by atomic mass is 10.3. The van der Waals surface area contributed by atoms with E-state index in [1.807, 2.05) is 30.1 Å². The first-order valence-electron chi connectivity index (χ1n) is 5.05. The Morgan fingerprint density at radius 2 is 2.12 bits per heavy atom. The summed E-state index contributed by atoms with van der Waals surface area (Å²) in [6.07, 6.45) is 3.14. The van der Waals surface area contributed by atoms with Crippen molar-refractivity contribution in [2.24, 2.45) is 0 Å². The Bertz CT molecular complexity index is 502. The summed E-state index contributed by atoms with van der Waals surface area (Å²) in [5.41, 5.74) is 7.13. The van der Waals surface area contributed by atoms with E-state index in [4.69, 9.17) is 17.3 Å². The standard InChI is InChI=1S/C11H12ClN5/c1-17(6-8-4-2-3-5-14-8)11-9(13)10(12)15-7-16-11/h2-5,7H,6,13H2,1H3. The van der Waals surface area contributed by atoms with Crippen molar-refractivity contribution in [3.8, 4) is 0 Å². The summed E-state index contributed by atoms with van der Waals surface area (Å²) >= 11 is 5.84. The van der Waals surface area contributed by atoms with Gasteiger partial charge in [0.15, 0.2) is 11.0 Å². The van der Waals surface area contributed by atoms with E-state index < -0.39 is 0 Å². The summed E-state index contributed by atoms with van der Waals surface area (Å²) in [6.45, 7) is 0.610. The zero-order valence-electron chi connectivity index (χ0n) is 9.34. The number of aromatic nitrogens is 3. The molecule has 0 unspecified atom stereocenters. The van der Waals surface area contributed by atoms with Gasteiger partial charge in [-0.1, -0.05) is 17.7 Å². The predicted octanol–water partition coefficient (Wildman–Crippen LogP) is 1.74. The second-order valence-electron chi connectivity index (χ2n) is 3.58. The van der Waals surface area contributed by atoms with Crippen molar-refractivity contribution in [3.05, 3.63) is 41.6 Å². The zero-order chi connectivity index (χ0) is 12.3. The molecular weight excluding hydrogens is 238 g/mol. The fraction of sp³-hybridized carbons (Fsp3) is 0.182. The zero-order valence-corrected chi connectivity index (χ0v) is 10.1. The van der Waals surface area contributed by atoms with Crippen molar-refractivity contribution in [2.75, 3.05) is 17.7 Å². The van der Waals surface area contributed by atoms with Crippen LogP contribution in [0.4, 0.5) is 11.5 Å². The Hall–Kier alpha value is -1.88. The minimum absolute atomic E-state index is 0.267. The molecule has 17 heavy (non-hydrogen) atoms. The van der Waals surface area contributed by atoms with Crippen LogP contribution in [0.25, 0.3) is 0 Å². The summed E-state index contributed by atoms with van der Waals surface area (Å²) in [6, 6.07) is 5.75. The summed E-state index contributed by atoms with van der Waals surface area (Å²) in [5, 5.41) is 0.267. The van der Waals surface area contributed by atoms with Crippen molar-refractivity contribution in [1.29, 1.82) is 0 Å². The Labute approximate surface area is 104 Å². The maximum atomic E-state index is 5.84. The van der Waals surface area contributed by atoms with Gasteiger partial charge in [-0.25, -0.2) is 9.97 Å². The van der Waals surface area contributed by atoms with E-state index in [1.165, 1.54) is 6.33 Å². The lowest BCUT2D eigenvalue weighted by molar-refractivity contribution is 0.863. The van der Waals surface area contributed by atoms with Gasteiger partial charge in [0.2, 0.25) is 0 Å². The van der Waals surface area contributed by atoms with Crippen LogP contribution >= 0.6 is 11.6 Å². The predicted molar refractivity (Wildman–Crippen MR) is 67.8 cm³/mol. The minimum Gasteiger partial charge on any atom is -0.393 e. The number of nitrogens with two attached hydrogens (primary N) is 1. The van der Waals surface area contributed by atoms with Crippen LogP contribution in [-0.4, -0.2) is 22.0 Å². The van der Waals surface area contributed by atoms with Crippen LogP contribution < -0.4 is 10.6 Å². The average Bonchev–Trinajstić information content (AvgIpc) is 2.34. The third-order valence-electron chi connectivity index (χ3n) is 2.30. The van der Waals surface area contributed by atoms with Gasteiger partial charge in [-0.3, -0.25) is 4.98 Å². The largest absolute Gasteiger partial charge is 0.393 e. The van der Waals surface area contributed by atoms with Crippen LogP contribution in [0.3, 0.4) is 0 Å². The quantitative estimate of drug-likeness (QED) is 0.840. The van der Waals surface area contributed by atoms with Gasteiger partial charge in [-0.2, -0.15) is 0 Å². The molecular formula is C11H12ClN5. The van der Waals surface area contributed by atoms with Gasteiger partial charge in [0.1, 0.15) is 12.0 Å². The Balaban J connectivity index is 2.20. The van der Waals surface area contributed by atoms with E-state index in [0.29, 0.717) is 18.1 Å². The molecule has 6 heteroatoms. The van der Waals surface area contributed by atoms with Gasteiger partial charge in [-0.15, -0.1) is 0 Å². The summed E-state index contributed by atoms with van der Waals surface area (Å²) in [4.78, 5) is 14.0. The highest BCUT2D eigenvalue weighted by molar-refractivity contribution is 6.32. The highest BCUT2D eigenvalue weighted by Crippen LogP contribution is 2.25. The second-order valence-corrected chi connectivity index (χ2v) is 3.94. The molecule has 5 nitrogen and oxygen atoms in total. The number of hydrogen-bond acceptors (Lipinski definition) is 5. The van der Waals surface area contributed by atoms with Crippen LogP contribution in [0.15, 0.2) is 30.7 Å². The maximum Gasteiger partial charge on any atom is 0.157 e. The first-order valence-corrected chi connectivity index (χ1v) is 5.43. The van der Waals surface area contributed by atoms with Crippen molar-refractivity contribution >= 4 is 23.1 Å². The number of rotatable bonds is 3. The average molecular weight is 250 g/mol. The number of nitrogens with zero attached hydrogens (tertiary/aromatic N) is 4.